The molecular weight excluding hydrogens is 445 g/mol. The molecule has 0 bridgehead atoms. The molecule has 0 radical (unpaired) electrons. The van der Waals surface area contributed by atoms with E-state index >= 15 is 0 Å². The SMILES string of the molecule is CC[N+](CC)(CC)CCOc1ccc(-c2cccc3ccccc23)cc1.[I-]. The summed E-state index contributed by atoms with van der Waals surface area (Å²) in [6.07, 6.45) is 0. The molecule has 0 aliphatic carbocycles. The third-order valence-corrected chi connectivity index (χ3v) is 5.80. The van der Waals surface area contributed by atoms with Gasteiger partial charge in [0, 0.05) is 0 Å². The highest BCUT2D eigenvalue weighted by molar-refractivity contribution is 5.96. The molecule has 0 atom stereocenters. The van der Waals surface area contributed by atoms with Crippen molar-refractivity contribution in [3.05, 3.63) is 66.7 Å². The van der Waals surface area contributed by atoms with Gasteiger partial charge >= 0.3 is 0 Å². The van der Waals surface area contributed by atoms with Gasteiger partial charge in [0.2, 0.25) is 0 Å². The second kappa shape index (κ2) is 10.1. The molecule has 0 fully saturated rings. The fourth-order valence-corrected chi connectivity index (χ4v) is 3.71. The third-order valence-electron chi connectivity index (χ3n) is 5.80. The first kappa shape index (κ1) is 21.7. The monoisotopic (exact) mass is 475 g/mol. The van der Waals surface area contributed by atoms with Crippen LogP contribution in [0.25, 0.3) is 21.9 Å². The molecule has 27 heavy (non-hydrogen) atoms. The molecule has 144 valence electrons. The Morgan fingerprint density at radius 3 is 2.04 bits per heavy atom. The zero-order valence-corrected chi connectivity index (χ0v) is 18.8. The van der Waals surface area contributed by atoms with Crippen molar-refractivity contribution in [1.29, 1.82) is 0 Å². The van der Waals surface area contributed by atoms with Crippen molar-refractivity contribution >= 4 is 10.8 Å². The Balaban J connectivity index is 0.00000261. The number of fused-ring (bicyclic) bond motifs is 1. The lowest BCUT2D eigenvalue weighted by atomic mass is 9.98. The second-order valence-corrected chi connectivity index (χ2v) is 6.91. The van der Waals surface area contributed by atoms with Crippen LogP contribution >= 0.6 is 0 Å². The molecule has 0 aromatic heterocycles. The highest BCUT2D eigenvalue weighted by Gasteiger charge is 2.20. The Morgan fingerprint density at radius 1 is 0.741 bits per heavy atom. The van der Waals surface area contributed by atoms with Gasteiger partial charge in [0.25, 0.3) is 0 Å². The normalized spacial score (nSPS) is 11.2. The van der Waals surface area contributed by atoms with Crippen molar-refractivity contribution in [2.75, 3.05) is 32.8 Å². The number of hydrogen-bond acceptors (Lipinski definition) is 1. The smallest absolute Gasteiger partial charge is 0.137 e. The van der Waals surface area contributed by atoms with E-state index in [1.165, 1.54) is 21.9 Å². The Hall–Kier alpha value is -1.59. The molecule has 0 saturated heterocycles. The van der Waals surface area contributed by atoms with Gasteiger partial charge in [0.1, 0.15) is 18.9 Å². The summed E-state index contributed by atoms with van der Waals surface area (Å²) in [5.41, 5.74) is 2.50. The van der Waals surface area contributed by atoms with Crippen LogP contribution in [0, 0.1) is 0 Å². The quantitative estimate of drug-likeness (QED) is 0.360. The molecule has 0 aliphatic rings. The summed E-state index contributed by atoms with van der Waals surface area (Å²) in [6, 6.07) is 23.5. The minimum Gasteiger partial charge on any atom is -1.00 e. The molecular formula is C24H30INO. The van der Waals surface area contributed by atoms with E-state index in [0.717, 1.165) is 43.0 Å². The van der Waals surface area contributed by atoms with Crippen molar-refractivity contribution in [3.8, 4) is 16.9 Å². The third kappa shape index (κ3) is 5.02. The average molecular weight is 475 g/mol. The van der Waals surface area contributed by atoms with E-state index in [0.29, 0.717) is 0 Å². The molecule has 2 nitrogen and oxygen atoms in total. The maximum absolute atomic E-state index is 6.03. The summed E-state index contributed by atoms with van der Waals surface area (Å²) in [5, 5.41) is 2.57. The van der Waals surface area contributed by atoms with Crippen molar-refractivity contribution in [2.24, 2.45) is 0 Å². The largest absolute Gasteiger partial charge is 1.00 e. The number of halogens is 1. The van der Waals surface area contributed by atoms with Crippen LogP contribution < -0.4 is 28.7 Å². The van der Waals surface area contributed by atoms with Crippen LogP contribution in [0.3, 0.4) is 0 Å². The first-order valence-corrected chi connectivity index (χ1v) is 9.77. The molecule has 3 rings (SSSR count). The van der Waals surface area contributed by atoms with Crippen LogP contribution in [0.4, 0.5) is 0 Å². The van der Waals surface area contributed by atoms with Crippen LogP contribution in [0.1, 0.15) is 20.8 Å². The molecule has 0 amide bonds. The molecule has 0 saturated carbocycles. The minimum atomic E-state index is 0. The van der Waals surface area contributed by atoms with E-state index in [4.69, 9.17) is 4.74 Å². The molecule has 3 aromatic carbocycles. The highest BCUT2D eigenvalue weighted by Crippen LogP contribution is 2.29. The maximum atomic E-state index is 6.03. The molecule has 3 heteroatoms. The number of benzene rings is 3. The van der Waals surface area contributed by atoms with Crippen LogP contribution in [0.2, 0.25) is 0 Å². The number of rotatable bonds is 8. The molecule has 3 aromatic rings. The van der Waals surface area contributed by atoms with Gasteiger partial charge in [-0.3, -0.25) is 0 Å². The van der Waals surface area contributed by atoms with Gasteiger partial charge in [-0.1, -0.05) is 54.6 Å². The predicted octanol–water partition coefficient (Wildman–Crippen LogP) is 2.77. The zero-order chi connectivity index (χ0) is 18.4. The standard InChI is InChI=1S/C24H30NO.HI/c1-4-25(5-2,6-3)18-19-26-22-16-14-21(15-17-22)24-13-9-11-20-10-7-8-12-23(20)24;/h7-17H,4-6,18-19H2,1-3H3;1H/q+1;/p-1. The highest BCUT2D eigenvalue weighted by atomic mass is 127. The number of hydrogen-bond donors (Lipinski definition) is 0. The summed E-state index contributed by atoms with van der Waals surface area (Å²) in [6.45, 7) is 12.1. The van der Waals surface area contributed by atoms with E-state index in [2.05, 4.69) is 87.5 Å². The summed E-state index contributed by atoms with van der Waals surface area (Å²) in [4.78, 5) is 0. The number of ether oxygens (including phenoxy) is 1. The van der Waals surface area contributed by atoms with Crippen LogP contribution in [0.15, 0.2) is 66.7 Å². The van der Waals surface area contributed by atoms with Crippen molar-refractivity contribution < 1.29 is 33.2 Å². The summed E-state index contributed by atoms with van der Waals surface area (Å²) >= 11 is 0. The maximum Gasteiger partial charge on any atom is 0.137 e. The van der Waals surface area contributed by atoms with Gasteiger partial charge in [-0.2, -0.15) is 0 Å². The fraction of sp³-hybridized carbons (Fsp3) is 0.333. The summed E-state index contributed by atoms with van der Waals surface area (Å²) in [7, 11) is 0. The van der Waals surface area contributed by atoms with Crippen LogP contribution in [-0.2, 0) is 0 Å². The fourth-order valence-electron chi connectivity index (χ4n) is 3.71. The van der Waals surface area contributed by atoms with Gasteiger partial charge < -0.3 is 33.2 Å². The zero-order valence-electron chi connectivity index (χ0n) is 16.6. The Bertz CT molecular complexity index is 827. The van der Waals surface area contributed by atoms with Crippen molar-refractivity contribution in [3.63, 3.8) is 0 Å². The van der Waals surface area contributed by atoms with Gasteiger partial charge in [-0.25, -0.2) is 0 Å². The van der Waals surface area contributed by atoms with E-state index < -0.39 is 0 Å². The molecule has 0 unspecified atom stereocenters. The lowest BCUT2D eigenvalue weighted by Crippen LogP contribution is -3.00. The topological polar surface area (TPSA) is 9.23 Å². The summed E-state index contributed by atoms with van der Waals surface area (Å²) < 4.78 is 7.15. The molecule has 0 spiro atoms. The second-order valence-electron chi connectivity index (χ2n) is 6.91. The van der Waals surface area contributed by atoms with Gasteiger partial charge in [0.15, 0.2) is 0 Å². The predicted molar refractivity (Wildman–Crippen MR) is 112 cm³/mol. The van der Waals surface area contributed by atoms with E-state index in [1.807, 2.05) is 0 Å². The number of quaternary nitrogens is 1. The Labute approximate surface area is 180 Å². The van der Waals surface area contributed by atoms with E-state index in [1.54, 1.807) is 0 Å². The molecule has 0 heterocycles. The van der Waals surface area contributed by atoms with Crippen molar-refractivity contribution in [1.82, 2.24) is 0 Å². The lowest BCUT2D eigenvalue weighted by molar-refractivity contribution is -0.923. The van der Waals surface area contributed by atoms with Gasteiger partial charge in [-0.15, -0.1) is 0 Å². The van der Waals surface area contributed by atoms with Crippen molar-refractivity contribution in [2.45, 2.75) is 20.8 Å². The van der Waals surface area contributed by atoms with Gasteiger partial charge in [0.05, 0.1) is 19.6 Å². The average Bonchev–Trinajstić information content (AvgIpc) is 2.72. The number of nitrogens with zero attached hydrogens (tertiary/aromatic N) is 1. The Morgan fingerprint density at radius 2 is 1.37 bits per heavy atom. The van der Waals surface area contributed by atoms with Gasteiger partial charge in [-0.05, 0) is 54.8 Å². The first-order chi connectivity index (χ1) is 12.7. The van der Waals surface area contributed by atoms with E-state index in [-0.39, 0.29) is 24.0 Å². The minimum absolute atomic E-state index is 0. The lowest BCUT2D eigenvalue weighted by Gasteiger charge is -2.35. The number of likely N-dealkylation sites (N-methyl/N-ethyl adjacent to an activating group) is 1. The van der Waals surface area contributed by atoms with E-state index in [9.17, 15) is 0 Å². The molecule has 0 aliphatic heterocycles. The van der Waals surface area contributed by atoms with Crippen LogP contribution in [-0.4, -0.2) is 37.3 Å². The Kier molecular flexibility index (Phi) is 8.11. The summed E-state index contributed by atoms with van der Waals surface area (Å²) in [5.74, 6) is 0.954. The van der Waals surface area contributed by atoms with Crippen LogP contribution in [0.5, 0.6) is 5.75 Å². The molecule has 0 N–H and O–H groups in total. The first-order valence-electron chi connectivity index (χ1n) is 9.77.